The molecule has 0 aromatic heterocycles. The second-order valence-electron chi connectivity index (χ2n) is 7.68. The third-order valence-corrected chi connectivity index (χ3v) is 5.29. The van der Waals surface area contributed by atoms with Crippen LogP contribution >= 0.6 is 0 Å². The average molecular weight is 324 g/mol. The summed E-state index contributed by atoms with van der Waals surface area (Å²) in [5, 5.41) is 0. The monoisotopic (exact) mass is 323 g/mol. The van der Waals surface area contributed by atoms with E-state index >= 15 is 0 Å². The van der Waals surface area contributed by atoms with Crippen molar-refractivity contribution in [3.63, 3.8) is 0 Å². The van der Waals surface area contributed by atoms with Crippen molar-refractivity contribution in [2.75, 3.05) is 0 Å². The summed E-state index contributed by atoms with van der Waals surface area (Å²) in [4.78, 5) is 0. The molecule has 0 aliphatic carbocycles. The quantitative estimate of drug-likeness (QED) is 0.208. The van der Waals surface area contributed by atoms with E-state index in [2.05, 4.69) is 20.8 Å². The van der Waals surface area contributed by atoms with Crippen LogP contribution in [-0.4, -0.2) is 0 Å². The molecule has 0 rings (SSSR count). The minimum Gasteiger partial charge on any atom is -0.0654 e. The summed E-state index contributed by atoms with van der Waals surface area (Å²) < 4.78 is 0. The first kappa shape index (κ1) is 23.0. The van der Waals surface area contributed by atoms with Gasteiger partial charge in [-0.2, -0.15) is 0 Å². The van der Waals surface area contributed by atoms with Crippen molar-refractivity contribution in [2.45, 2.75) is 136 Å². The average Bonchev–Trinajstić information content (AvgIpc) is 2.56. The Balaban J connectivity index is 3.42. The van der Waals surface area contributed by atoms with E-state index in [-0.39, 0.29) is 0 Å². The molecule has 0 aromatic carbocycles. The molecular weight excluding hydrogens is 276 g/mol. The van der Waals surface area contributed by atoms with Crippen molar-refractivity contribution >= 4 is 0 Å². The van der Waals surface area contributed by atoms with E-state index in [1.807, 2.05) is 0 Å². The van der Waals surface area contributed by atoms with Gasteiger partial charge in [-0.15, -0.1) is 0 Å². The van der Waals surface area contributed by atoms with E-state index in [0.717, 1.165) is 12.3 Å². The number of unbranched alkanes of at least 4 members (excludes halogenated alkanes) is 13. The maximum atomic E-state index is 4.09. The largest absolute Gasteiger partial charge is 0.0654 e. The van der Waals surface area contributed by atoms with Gasteiger partial charge in [0.05, 0.1) is 0 Å². The Hall–Kier alpha value is 0. The van der Waals surface area contributed by atoms with Gasteiger partial charge in [0.1, 0.15) is 0 Å². The molecule has 0 saturated heterocycles. The third-order valence-electron chi connectivity index (χ3n) is 5.29. The van der Waals surface area contributed by atoms with Crippen molar-refractivity contribution in [2.24, 2.45) is 5.92 Å². The molecule has 1 unspecified atom stereocenters. The van der Waals surface area contributed by atoms with E-state index in [1.165, 1.54) is 116 Å². The normalized spacial score (nSPS) is 12.7. The second kappa shape index (κ2) is 20.0. The summed E-state index contributed by atoms with van der Waals surface area (Å²) in [6.45, 7) is 8.69. The summed E-state index contributed by atoms with van der Waals surface area (Å²) in [5.41, 5.74) is 0. The van der Waals surface area contributed by atoms with Crippen molar-refractivity contribution in [3.05, 3.63) is 6.92 Å². The van der Waals surface area contributed by atoms with Gasteiger partial charge >= 0.3 is 0 Å². The van der Waals surface area contributed by atoms with Gasteiger partial charge in [-0.1, -0.05) is 143 Å². The first-order chi connectivity index (χ1) is 11.3. The lowest BCUT2D eigenvalue weighted by atomic mass is 9.90. The lowest BCUT2D eigenvalue weighted by Crippen LogP contribution is -2.00. The second-order valence-corrected chi connectivity index (χ2v) is 7.68. The SMILES string of the molecule is [CH2]CCC(CCCCCCCC)CCCCCCCCCCC. The van der Waals surface area contributed by atoms with Gasteiger partial charge in [-0.25, -0.2) is 0 Å². The van der Waals surface area contributed by atoms with E-state index in [4.69, 9.17) is 0 Å². The van der Waals surface area contributed by atoms with Gasteiger partial charge in [0, 0.05) is 0 Å². The molecule has 0 heterocycles. The first-order valence-corrected chi connectivity index (χ1v) is 11.1. The zero-order chi connectivity index (χ0) is 17.0. The van der Waals surface area contributed by atoms with Crippen LogP contribution in [0.15, 0.2) is 0 Å². The topological polar surface area (TPSA) is 0 Å². The summed E-state index contributed by atoms with van der Waals surface area (Å²) in [6.07, 6.45) is 27.2. The Morgan fingerprint density at radius 2 is 0.826 bits per heavy atom. The molecule has 1 atom stereocenters. The fourth-order valence-corrected chi connectivity index (χ4v) is 3.68. The maximum Gasteiger partial charge on any atom is -0.0414 e. The zero-order valence-electron chi connectivity index (χ0n) is 16.7. The van der Waals surface area contributed by atoms with Crippen molar-refractivity contribution in [1.29, 1.82) is 0 Å². The van der Waals surface area contributed by atoms with E-state index in [9.17, 15) is 0 Å². The van der Waals surface area contributed by atoms with Crippen LogP contribution in [0, 0.1) is 12.8 Å². The number of hydrogen-bond acceptors (Lipinski definition) is 0. The molecule has 1 radical (unpaired) electrons. The Bertz CT molecular complexity index is 196. The minimum absolute atomic E-state index is 0.975. The molecule has 0 nitrogen and oxygen atoms in total. The first-order valence-electron chi connectivity index (χ1n) is 11.1. The van der Waals surface area contributed by atoms with E-state index in [0.29, 0.717) is 0 Å². The maximum absolute atomic E-state index is 4.09. The smallest absolute Gasteiger partial charge is 0.0414 e. The molecule has 0 heteroatoms. The van der Waals surface area contributed by atoms with Gasteiger partial charge < -0.3 is 0 Å². The molecule has 0 saturated carbocycles. The fraction of sp³-hybridized carbons (Fsp3) is 0.957. The van der Waals surface area contributed by atoms with Gasteiger partial charge in [-0.3, -0.25) is 0 Å². The molecule has 23 heavy (non-hydrogen) atoms. The number of rotatable bonds is 19. The van der Waals surface area contributed by atoms with Crippen LogP contribution in [0.5, 0.6) is 0 Å². The van der Waals surface area contributed by atoms with E-state index in [1.54, 1.807) is 0 Å². The van der Waals surface area contributed by atoms with Gasteiger partial charge in [0.2, 0.25) is 0 Å². The Morgan fingerprint density at radius 1 is 0.478 bits per heavy atom. The Labute approximate surface area is 149 Å². The zero-order valence-corrected chi connectivity index (χ0v) is 16.7. The molecule has 139 valence electrons. The lowest BCUT2D eigenvalue weighted by Gasteiger charge is -2.16. The number of hydrogen-bond donors (Lipinski definition) is 0. The molecule has 0 fully saturated rings. The highest BCUT2D eigenvalue weighted by atomic mass is 14.1. The molecule has 0 amide bonds. The van der Waals surface area contributed by atoms with Gasteiger partial charge in [0.15, 0.2) is 0 Å². The van der Waals surface area contributed by atoms with Crippen LogP contribution in [-0.2, 0) is 0 Å². The molecule has 0 bridgehead atoms. The predicted molar refractivity (Wildman–Crippen MR) is 108 cm³/mol. The standard InChI is InChI=1S/C23H47/c1-4-7-9-11-13-14-15-17-19-22-23(20-6-3)21-18-16-12-10-8-5-2/h23H,3-22H2,1-2H3. The molecule has 0 spiro atoms. The highest BCUT2D eigenvalue weighted by molar-refractivity contribution is 4.62. The lowest BCUT2D eigenvalue weighted by molar-refractivity contribution is 0.382. The highest BCUT2D eigenvalue weighted by Crippen LogP contribution is 2.23. The van der Waals surface area contributed by atoms with E-state index < -0.39 is 0 Å². The van der Waals surface area contributed by atoms with Crippen molar-refractivity contribution in [3.8, 4) is 0 Å². The summed E-state index contributed by atoms with van der Waals surface area (Å²) in [5.74, 6) is 0.975. The minimum atomic E-state index is 0.975. The van der Waals surface area contributed by atoms with Crippen LogP contribution in [0.25, 0.3) is 0 Å². The van der Waals surface area contributed by atoms with Crippen LogP contribution in [0.4, 0.5) is 0 Å². The van der Waals surface area contributed by atoms with Gasteiger partial charge in [-0.05, 0) is 5.92 Å². The van der Waals surface area contributed by atoms with Gasteiger partial charge in [0.25, 0.3) is 0 Å². The van der Waals surface area contributed by atoms with Crippen LogP contribution < -0.4 is 0 Å². The summed E-state index contributed by atoms with van der Waals surface area (Å²) >= 11 is 0. The molecular formula is C23H47. The predicted octanol–water partition coefficient (Wildman–Crippen LogP) is 8.89. The molecule has 0 N–H and O–H groups in total. The molecule has 0 aliphatic heterocycles. The highest BCUT2D eigenvalue weighted by Gasteiger charge is 2.07. The fourth-order valence-electron chi connectivity index (χ4n) is 3.68. The van der Waals surface area contributed by atoms with Crippen molar-refractivity contribution < 1.29 is 0 Å². The Morgan fingerprint density at radius 3 is 1.17 bits per heavy atom. The van der Waals surface area contributed by atoms with Crippen molar-refractivity contribution in [1.82, 2.24) is 0 Å². The van der Waals surface area contributed by atoms with Crippen LogP contribution in [0.2, 0.25) is 0 Å². The molecule has 0 aromatic rings. The van der Waals surface area contributed by atoms with Crippen LogP contribution in [0.1, 0.15) is 136 Å². The molecule has 0 aliphatic rings. The summed E-state index contributed by atoms with van der Waals surface area (Å²) in [7, 11) is 0. The van der Waals surface area contributed by atoms with Crippen LogP contribution in [0.3, 0.4) is 0 Å². The third kappa shape index (κ3) is 18.2. The Kier molecular flexibility index (Phi) is 20.0. The summed E-state index contributed by atoms with van der Waals surface area (Å²) in [6, 6.07) is 0.